The quantitative estimate of drug-likeness (QED) is 0.146. The molecule has 12 nitrogen and oxygen atoms in total. The summed E-state index contributed by atoms with van der Waals surface area (Å²) in [5.41, 5.74) is 7.64. The van der Waals surface area contributed by atoms with Crippen LogP contribution in [0.2, 0.25) is 0 Å². The number of primary amides is 1. The third-order valence-corrected chi connectivity index (χ3v) is 10.6. The molecule has 2 aromatic rings. The molecule has 0 bridgehead atoms. The number of anilines is 4. The van der Waals surface area contributed by atoms with Gasteiger partial charge in [0, 0.05) is 37.4 Å². The minimum Gasteiger partial charge on any atom is -0.494 e. The number of ether oxygens (including phenoxy) is 1. The predicted octanol–water partition coefficient (Wildman–Crippen LogP) is 4.40. The van der Waals surface area contributed by atoms with E-state index in [0.29, 0.717) is 51.5 Å². The second-order valence-corrected chi connectivity index (χ2v) is 14.9. The van der Waals surface area contributed by atoms with Gasteiger partial charge in [0.05, 0.1) is 55.0 Å². The van der Waals surface area contributed by atoms with Gasteiger partial charge in [-0.15, -0.1) is 0 Å². The zero-order chi connectivity index (χ0) is 33.2. The predicted molar refractivity (Wildman–Crippen MR) is 182 cm³/mol. The number of likely N-dealkylation sites (tertiary alicyclic amines) is 1. The summed E-state index contributed by atoms with van der Waals surface area (Å²) in [6.45, 7) is 4.39. The molecule has 4 heterocycles. The largest absolute Gasteiger partial charge is 0.494 e. The van der Waals surface area contributed by atoms with E-state index in [1.807, 2.05) is 18.2 Å². The molecule has 6 rings (SSSR count). The van der Waals surface area contributed by atoms with Crippen LogP contribution in [-0.2, 0) is 9.84 Å². The Morgan fingerprint density at radius 2 is 1.81 bits per heavy atom. The number of methoxy groups -OCH3 is 1. The second-order valence-electron chi connectivity index (χ2n) is 12.7. The lowest BCUT2D eigenvalue weighted by Gasteiger charge is -2.45. The fourth-order valence-corrected chi connectivity index (χ4v) is 7.81. The highest BCUT2D eigenvalue weighted by Crippen LogP contribution is 2.40. The van der Waals surface area contributed by atoms with Crippen LogP contribution in [0, 0.1) is 17.7 Å². The molecule has 0 spiro atoms. The first-order valence-electron chi connectivity index (χ1n) is 16.0. The summed E-state index contributed by atoms with van der Waals surface area (Å²) >= 11 is 0. The Balaban J connectivity index is 1.28. The Bertz CT molecular complexity index is 1820. The molecule has 2 fully saturated rings. The maximum Gasteiger partial charge on any atom is 0.253 e. The van der Waals surface area contributed by atoms with E-state index in [1.54, 1.807) is 25.4 Å². The van der Waals surface area contributed by atoms with E-state index in [0.717, 1.165) is 50.6 Å². The number of rotatable bonds is 11. The standard InChI is InChI=1S/C33H41FN8O4S/c1-46-28-20-23(42(18-19-47(2,44)45)16-11-22(12-17-42)21-8-13-36-14-9-21)6-7-26(28)39-33-40-31-24(10-15-37-31)32(41-33)38-27-5-3-4-25(34)29(27)30(35)43/h3-7,10,15,20-22,36H,8-9,11-14,16-19H2,1-2H3,(H4-,35,37,38,39,40,41,43)/p+1. The van der Waals surface area contributed by atoms with Crippen molar-refractivity contribution in [1.82, 2.24) is 24.8 Å². The van der Waals surface area contributed by atoms with E-state index in [1.165, 1.54) is 31.2 Å². The highest BCUT2D eigenvalue weighted by molar-refractivity contribution is 7.90. The molecule has 47 heavy (non-hydrogen) atoms. The van der Waals surface area contributed by atoms with Crippen LogP contribution in [0.1, 0.15) is 36.0 Å². The molecule has 6 N–H and O–H groups in total. The first-order chi connectivity index (χ1) is 22.5. The van der Waals surface area contributed by atoms with E-state index in [9.17, 15) is 17.6 Å². The summed E-state index contributed by atoms with van der Waals surface area (Å²) in [6.07, 6.45) is 7.42. The van der Waals surface area contributed by atoms with Gasteiger partial charge in [0.25, 0.3) is 5.91 Å². The van der Waals surface area contributed by atoms with Crippen molar-refractivity contribution >= 4 is 44.6 Å². The smallest absolute Gasteiger partial charge is 0.253 e. The number of carbonyl (C=O) groups excluding carboxylic acids is 1. The lowest BCUT2D eigenvalue weighted by atomic mass is 9.78. The number of carbonyl (C=O) groups is 1. The number of aromatic nitrogens is 3. The molecule has 0 atom stereocenters. The number of hydrogen-bond acceptors (Lipinski definition) is 9. The molecule has 250 valence electrons. The summed E-state index contributed by atoms with van der Waals surface area (Å²) in [5, 5.41) is 9.80. The van der Waals surface area contributed by atoms with Crippen LogP contribution in [0.3, 0.4) is 0 Å². The van der Waals surface area contributed by atoms with Crippen LogP contribution < -0.4 is 30.9 Å². The molecule has 4 aliphatic heterocycles. The van der Waals surface area contributed by atoms with E-state index in [-0.39, 0.29) is 17.0 Å². The summed E-state index contributed by atoms with van der Waals surface area (Å²) in [4.78, 5) is 24.2. The number of nitrogens with two attached hydrogens (primary N) is 1. The maximum atomic E-state index is 14.5. The summed E-state index contributed by atoms with van der Waals surface area (Å²) in [5.74, 6) is 1.58. The van der Waals surface area contributed by atoms with Crippen LogP contribution in [0.15, 0.2) is 48.7 Å². The van der Waals surface area contributed by atoms with E-state index < -0.39 is 21.6 Å². The number of fused-ring (bicyclic) bond motifs is 1. The zero-order valence-corrected chi connectivity index (χ0v) is 27.5. The van der Waals surface area contributed by atoms with Gasteiger partial charge in [-0.2, -0.15) is 4.98 Å². The first-order valence-corrected chi connectivity index (χ1v) is 18.0. The van der Waals surface area contributed by atoms with Crippen molar-refractivity contribution in [3.8, 4) is 17.1 Å². The molecule has 1 amide bonds. The zero-order valence-electron chi connectivity index (χ0n) is 26.7. The average Bonchev–Trinajstić information content (AvgIpc) is 3.53. The lowest BCUT2D eigenvalue weighted by molar-refractivity contribution is 0.0997. The molecule has 0 aliphatic carbocycles. The normalized spacial score (nSPS) is 20.6. The molecule has 0 aromatic heterocycles. The summed E-state index contributed by atoms with van der Waals surface area (Å²) in [7, 11) is -1.56. The van der Waals surface area contributed by atoms with Gasteiger partial charge in [-0.3, -0.25) is 9.28 Å². The average molecular weight is 666 g/mol. The first kappa shape index (κ1) is 32.7. The topological polar surface area (TPSA) is 164 Å². The minimum atomic E-state index is -3.16. The number of sulfone groups is 1. The Hall–Kier alpha value is -4.27. The van der Waals surface area contributed by atoms with Crippen LogP contribution in [0.5, 0.6) is 5.75 Å². The van der Waals surface area contributed by atoms with Crippen molar-refractivity contribution in [2.75, 3.05) is 62.5 Å². The van der Waals surface area contributed by atoms with Gasteiger partial charge in [0.1, 0.15) is 28.9 Å². The maximum absolute atomic E-state index is 14.5. The van der Waals surface area contributed by atoms with Gasteiger partial charge >= 0.3 is 0 Å². The van der Waals surface area contributed by atoms with Gasteiger partial charge in [-0.05, 0) is 62.0 Å². The Morgan fingerprint density at radius 1 is 1.06 bits per heavy atom. The van der Waals surface area contributed by atoms with Gasteiger partial charge < -0.3 is 31.4 Å². The molecular weight excluding hydrogens is 623 g/mol. The Labute approximate surface area is 274 Å². The molecule has 0 saturated carbocycles. The number of aromatic amines is 1. The fourth-order valence-electron chi connectivity index (χ4n) is 7.12. The number of nitrogens with zero attached hydrogens (tertiary/aromatic N) is 3. The second kappa shape index (κ2) is 13.5. The molecular formula is C33H42FN8O4S+. The van der Waals surface area contributed by atoms with Crippen molar-refractivity contribution in [3.63, 3.8) is 0 Å². The molecule has 2 aromatic carbocycles. The Kier molecular flexibility index (Phi) is 9.35. The Morgan fingerprint density at radius 3 is 2.51 bits per heavy atom. The van der Waals surface area contributed by atoms with Gasteiger partial charge in [0.2, 0.25) is 5.95 Å². The number of hydrogen-bond donors (Lipinski definition) is 5. The van der Waals surface area contributed by atoms with Crippen LogP contribution in [0.4, 0.5) is 33.2 Å². The number of benzene rings is 2. The highest BCUT2D eigenvalue weighted by atomic mass is 32.2. The van der Waals surface area contributed by atoms with Gasteiger partial charge in [0.15, 0.2) is 9.84 Å². The molecule has 4 aliphatic rings. The molecule has 2 saturated heterocycles. The SMILES string of the molecule is COc1cc([N+]2(CCS(C)(=O)=O)CCC(C3CCNCC3)CC2)ccc1Nc1nc(Nc2cccc(F)c2C(N)=O)c2ccnc-2[nH]1. The number of halogens is 1. The van der Waals surface area contributed by atoms with E-state index in [2.05, 4.69) is 30.9 Å². The fraction of sp³-hybridized carbons (Fsp3) is 0.424. The van der Waals surface area contributed by atoms with Crippen molar-refractivity contribution in [2.24, 2.45) is 17.6 Å². The van der Waals surface area contributed by atoms with E-state index in [4.69, 9.17) is 10.5 Å². The third-order valence-electron chi connectivity index (χ3n) is 9.71. The monoisotopic (exact) mass is 665 g/mol. The summed E-state index contributed by atoms with van der Waals surface area (Å²) < 4.78 is 45.5. The van der Waals surface area contributed by atoms with Gasteiger partial charge in [-0.25, -0.2) is 17.8 Å². The number of H-pyrrole nitrogens is 1. The van der Waals surface area contributed by atoms with E-state index >= 15 is 0 Å². The lowest BCUT2D eigenvalue weighted by Crippen LogP contribution is -2.57. The van der Waals surface area contributed by atoms with Crippen LogP contribution in [0.25, 0.3) is 11.4 Å². The van der Waals surface area contributed by atoms with Crippen molar-refractivity contribution in [3.05, 3.63) is 60.0 Å². The van der Waals surface area contributed by atoms with Crippen molar-refractivity contribution in [1.29, 1.82) is 0 Å². The molecule has 0 unspecified atom stereocenters. The molecule has 0 radical (unpaired) electrons. The third kappa shape index (κ3) is 7.19. The highest BCUT2D eigenvalue weighted by Gasteiger charge is 2.39. The number of quaternary nitrogens is 1. The van der Waals surface area contributed by atoms with Crippen LogP contribution >= 0.6 is 0 Å². The molecule has 14 heteroatoms. The van der Waals surface area contributed by atoms with Gasteiger partial charge in [-0.1, -0.05) is 6.07 Å². The van der Waals surface area contributed by atoms with Crippen molar-refractivity contribution in [2.45, 2.75) is 25.7 Å². The minimum absolute atomic E-state index is 0.109. The van der Waals surface area contributed by atoms with Crippen LogP contribution in [-0.4, -0.2) is 81.1 Å². The summed E-state index contributed by atoms with van der Waals surface area (Å²) in [6, 6.07) is 11.9. The number of piperidine rings is 2. The number of nitrogens with one attached hydrogen (secondary N) is 4. The van der Waals surface area contributed by atoms with Crippen molar-refractivity contribution < 1.29 is 22.3 Å². The number of amides is 1.